The number of aromatic nitrogens is 2. The Hall–Kier alpha value is -2.28. The predicted molar refractivity (Wildman–Crippen MR) is 73.3 cm³/mol. The van der Waals surface area contributed by atoms with E-state index in [1.165, 1.54) is 18.5 Å². The second kappa shape index (κ2) is 5.79. The fourth-order valence-electron chi connectivity index (χ4n) is 1.70. The smallest absolute Gasteiger partial charge is 0.337 e. The topological polar surface area (TPSA) is 81.0 Å². The van der Waals surface area contributed by atoms with Crippen molar-refractivity contribution in [3.8, 4) is 11.3 Å². The number of anilines is 1. The van der Waals surface area contributed by atoms with Gasteiger partial charge in [0.1, 0.15) is 12.1 Å². The third-order valence-electron chi connectivity index (χ3n) is 2.54. The maximum Gasteiger partial charge on any atom is 0.337 e. The summed E-state index contributed by atoms with van der Waals surface area (Å²) in [7, 11) is 0. The van der Waals surface area contributed by atoms with Crippen LogP contribution in [0.3, 0.4) is 0 Å². The third kappa shape index (κ3) is 2.67. The average Bonchev–Trinajstić information content (AvgIpc) is 2.42. The molecule has 1 aromatic carbocycles. The van der Waals surface area contributed by atoms with Gasteiger partial charge in [-0.05, 0) is 25.1 Å². The highest BCUT2D eigenvalue weighted by Gasteiger charge is 2.23. The lowest BCUT2D eigenvalue weighted by Crippen LogP contribution is -2.06. The maximum atomic E-state index is 13.2. The van der Waals surface area contributed by atoms with Crippen molar-refractivity contribution in [2.24, 2.45) is 0 Å². The van der Waals surface area contributed by atoms with Crippen LogP contribution in [0.15, 0.2) is 24.5 Å². The van der Waals surface area contributed by atoms with Gasteiger partial charge in [0.15, 0.2) is 5.69 Å². The van der Waals surface area contributed by atoms with Crippen molar-refractivity contribution < 1.29 is 9.31 Å². The molecule has 0 fully saturated rings. The minimum atomic E-state index is -0.598. The first-order valence-corrected chi connectivity index (χ1v) is 6.11. The molecule has 0 saturated carbocycles. The maximum absolute atomic E-state index is 13.2. The molecule has 0 atom stereocenters. The Morgan fingerprint density at radius 2 is 2.20 bits per heavy atom. The molecule has 1 N–H and O–H groups in total. The zero-order valence-electron chi connectivity index (χ0n) is 10.4. The van der Waals surface area contributed by atoms with Gasteiger partial charge in [-0.1, -0.05) is 11.6 Å². The molecule has 0 amide bonds. The SMILES string of the molecule is CCNc1ncnc(-c2ccc(F)c(Cl)c2)c1[N+](=O)[O-]. The normalized spacial score (nSPS) is 10.3. The minimum Gasteiger partial charge on any atom is -0.365 e. The van der Waals surface area contributed by atoms with Gasteiger partial charge in [0, 0.05) is 12.1 Å². The van der Waals surface area contributed by atoms with Crippen LogP contribution in [0.5, 0.6) is 0 Å². The summed E-state index contributed by atoms with van der Waals surface area (Å²) in [4.78, 5) is 18.4. The summed E-state index contributed by atoms with van der Waals surface area (Å²) in [6.07, 6.45) is 1.21. The molecule has 1 aromatic heterocycles. The lowest BCUT2D eigenvalue weighted by molar-refractivity contribution is -0.383. The van der Waals surface area contributed by atoms with E-state index in [1.54, 1.807) is 6.92 Å². The van der Waals surface area contributed by atoms with Gasteiger partial charge in [0.2, 0.25) is 5.82 Å². The Balaban J connectivity index is 2.63. The molecule has 0 radical (unpaired) electrons. The van der Waals surface area contributed by atoms with Crippen LogP contribution in [0.1, 0.15) is 6.92 Å². The summed E-state index contributed by atoms with van der Waals surface area (Å²) in [5, 5.41) is 13.9. The summed E-state index contributed by atoms with van der Waals surface area (Å²) < 4.78 is 13.2. The van der Waals surface area contributed by atoms with Crippen LogP contribution in [-0.2, 0) is 0 Å². The van der Waals surface area contributed by atoms with E-state index in [9.17, 15) is 14.5 Å². The van der Waals surface area contributed by atoms with Gasteiger partial charge in [-0.2, -0.15) is 0 Å². The molecule has 2 rings (SSSR count). The zero-order chi connectivity index (χ0) is 14.7. The largest absolute Gasteiger partial charge is 0.365 e. The van der Waals surface area contributed by atoms with Crippen molar-refractivity contribution in [3.05, 3.63) is 45.5 Å². The Morgan fingerprint density at radius 3 is 2.80 bits per heavy atom. The van der Waals surface area contributed by atoms with Gasteiger partial charge in [-0.25, -0.2) is 14.4 Å². The van der Waals surface area contributed by atoms with Crippen molar-refractivity contribution in [2.45, 2.75) is 6.92 Å². The van der Waals surface area contributed by atoms with E-state index in [0.29, 0.717) is 12.1 Å². The monoisotopic (exact) mass is 296 g/mol. The van der Waals surface area contributed by atoms with Crippen LogP contribution in [0.25, 0.3) is 11.3 Å². The van der Waals surface area contributed by atoms with Gasteiger partial charge < -0.3 is 5.32 Å². The predicted octanol–water partition coefficient (Wildman–Crippen LogP) is 3.28. The van der Waals surface area contributed by atoms with E-state index in [0.717, 1.165) is 6.07 Å². The van der Waals surface area contributed by atoms with Gasteiger partial charge in [-0.15, -0.1) is 0 Å². The first kappa shape index (κ1) is 14.1. The summed E-state index contributed by atoms with van der Waals surface area (Å²) in [5.74, 6) is -0.484. The van der Waals surface area contributed by atoms with Crippen LogP contribution in [0.2, 0.25) is 5.02 Å². The summed E-state index contributed by atoms with van der Waals surface area (Å²) >= 11 is 5.69. The van der Waals surface area contributed by atoms with E-state index >= 15 is 0 Å². The van der Waals surface area contributed by atoms with E-state index in [1.807, 2.05) is 0 Å². The van der Waals surface area contributed by atoms with Crippen LogP contribution in [-0.4, -0.2) is 21.4 Å². The first-order valence-electron chi connectivity index (χ1n) is 5.73. The van der Waals surface area contributed by atoms with Crippen molar-refractivity contribution in [1.29, 1.82) is 0 Å². The van der Waals surface area contributed by atoms with Crippen molar-refractivity contribution in [3.63, 3.8) is 0 Å². The summed E-state index contributed by atoms with van der Waals surface area (Å²) in [6.45, 7) is 2.27. The van der Waals surface area contributed by atoms with Crippen LogP contribution in [0, 0.1) is 15.9 Å². The quantitative estimate of drug-likeness (QED) is 0.691. The lowest BCUT2D eigenvalue weighted by Gasteiger charge is -2.07. The Labute approximate surface area is 118 Å². The Bertz CT molecular complexity index is 666. The van der Waals surface area contributed by atoms with Crippen LogP contribution >= 0.6 is 11.6 Å². The fourth-order valence-corrected chi connectivity index (χ4v) is 1.88. The average molecular weight is 297 g/mol. The number of nitro groups is 1. The number of hydrogen-bond donors (Lipinski definition) is 1. The number of benzene rings is 1. The standard InChI is InChI=1S/C12H10ClFN4O2/c1-2-15-12-11(18(19)20)10(16-6-17-12)7-3-4-9(14)8(13)5-7/h3-6H,2H2,1H3,(H,15,16,17). The molecule has 20 heavy (non-hydrogen) atoms. The number of hydrogen-bond acceptors (Lipinski definition) is 5. The first-order chi connectivity index (χ1) is 9.54. The molecular weight excluding hydrogens is 287 g/mol. The lowest BCUT2D eigenvalue weighted by atomic mass is 10.1. The van der Waals surface area contributed by atoms with Crippen molar-refractivity contribution >= 4 is 23.1 Å². The number of halogens is 2. The molecular formula is C12H10ClFN4O2. The van der Waals surface area contributed by atoms with Crippen LogP contribution in [0.4, 0.5) is 15.9 Å². The van der Waals surface area contributed by atoms with E-state index < -0.39 is 10.7 Å². The van der Waals surface area contributed by atoms with Gasteiger partial charge >= 0.3 is 5.69 Å². The molecule has 104 valence electrons. The fraction of sp³-hybridized carbons (Fsp3) is 0.167. The van der Waals surface area contributed by atoms with Crippen molar-refractivity contribution in [1.82, 2.24) is 9.97 Å². The molecule has 2 aromatic rings. The molecule has 0 bridgehead atoms. The number of rotatable bonds is 4. The molecule has 0 unspecified atom stereocenters. The Kier molecular flexibility index (Phi) is 4.09. The van der Waals surface area contributed by atoms with Gasteiger partial charge in [0.25, 0.3) is 0 Å². The summed E-state index contributed by atoms with van der Waals surface area (Å²) in [6, 6.07) is 3.81. The number of nitrogens with one attached hydrogen (secondary N) is 1. The molecule has 1 heterocycles. The molecule has 6 nitrogen and oxygen atoms in total. The van der Waals surface area contributed by atoms with Crippen molar-refractivity contribution in [2.75, 3.05) is 11.9 Å². The molecule has 0 aliphatic heterocycles. The molecule has 0 saturated heterocycles. The third-order valence-corrected chi connectivity index (χ3v) is 2.83. The minimum absolute atomic E-state index is 0.0860. The van der Waals surface area contributed by atoms with E-state index in [2.05, 4.69) is 15.3 Å². The summed E-state index contributed by atoms with van der Waals surface area (Å²) in [5.41, 5.74) is 0.171. The Morgan fingerprint density at radius 1 is 1.45 bits per heavy atom. The highest BCUT2D eigenvalue weighted by Crippen LogP contribution is 2.34. The highest BCUT2D eigenvalue weighted by molar-refractivity contribution is 6.31. The zero-order valence-corrected chi connectivity index (χ0v) is 11.2. The van der Waals surface area contributed by atoms with Gasteiger partial charge in [-0.3, -0.25) is 10.1 Å². The highest BCUT2D eigenvalue weighted by atomic mass is 35.5. The number of nitrogens with zero attached hydrogens (tertiary/aromatic N) is 3. The second-order valence-electron chi connectivity index (χ2n) is 3.84. The molecule has 8 heteroatoms. The van der Waals surface area contributed by atoms with E-state index in [4.69, 9.17) is 11.6 Å². The molecule has 0 aliphatic rings. The molecule has 0 spiro atoms. The van der Waals surface area contributed by atoms with Crippen LogP contribution < -0.4 is 5.32 Å². The second-order valence-corrected chi connectivity index (χ2v) is 4.24. The molecule has 0 aliphatic carbocycles. The van der Waals surface area contributed by atoms with Gasteiger partial charge in [0.05, 0.1) is 9.95 Å². The van der Waals surface area contributed by atoms with E-state index in [-0.39, 0.29) is 22.2 Å².